The number of anilines is 1. The number of nitrogens with one attached hydrogen (secondary N) is 2. The zero-order chi connectivity index (χ0) is 20.0. The molecule has 2 aromatic heterocycles. The number of primary amides is 1. The molecule has 0 spiro atoms. The van der Waals surface area contributed by atoms with Crippen molar-refractivity contribution in [3.05, 3.63) is 46.1 Å². The largest absolute Gasteiger partial charge is 0.451 e. The number of pyridine rings is 1. The molecule has 142 valence electrons. The Hall–Kier alpha value is -2.98. The van der Waals surface area contributed by atoms with Crippen molar-refractivity contribution in [3.8, 4) is 0 Å². The topological polar surface area (TPSA) is 140 Å². The molecule has 9 nitrogen and oxygen atoms in total. The van der Waals surface area contributed by atoms with Crippen molar-refractivity contribution < 1.29 is 23.9 Å². The molecule has 2 aromatic rings. The van der Waals surface area contributed by atoms with Crippen LogP contribution in [0.4, 0.5) is 5.00 Å². The Bertz CT molecular complexity index is 885. The Morgan fingerprint density at radius 3 is 2.74 bits per heavy atom. The van der Waals surface area contributed by atoms with Crippen LogP contribution in [-0.4, -0.2) is 41.3 Å². The number of ether oxygens (including phenoxy) is 1. The molecule has 1 atom stereocenters. The number of hydrogen-bond donors (Lipinski definition) is 3. The first kappa shape index (κ1) is 20.3. The number of halogens is 1. The fourth-order valence-electron chi connectivity index (χ4n) is 1.88. The zero-order valence-electron chi connectivity index (χ0n) is 14.0. The van der Waals surface area contributed by atoms with E-state index in [-0.39, 0.29) is 16.3 Å². The van der Waals surface area contributed by atoms with Gasteiger partial charge in [0.15, 0.2) is 6.10 Å². The van der Waals surface area contributed by atoms with Crippen molar-refractivity contribution >= 4 is 51.6 Å². The number of carbonyl (C=O) groups is 4. The number of amides is 3. The third-order valence-electron chi connectivity index (χ3n) is 3.19. The van der Waals surface area contributed by atoms with Crippen LogP contribution in [0.2, 0.25) is 5.02 Å². The molecule has 4 N–H and O–H groups in total. The molecule has 0 fully saturated rings. The summed E-state index contributed by atoms with van der Waals surface area (Å²) in [5.41, 5.74) is 5.39. The van der Waals surface area contributed by atoms with Crippen molar-refractivity contribution in [1.82, 2.24) is 10.3 Å². The average Bonchev–Trinajstić information content (AvgIpc) is 3.08. The van der Waals surface area contributed by atoms with Crippen LogP contribution in [0.25, 0.3) is 0 Å². The first-order valence-electron chi connectivity index (χ1n) is 7.55. The highest BCUT2D eigenvalue weighted by molar-refractivity contribution is 7.14. The molecular weight excluding hydrogens is 396 g/mol. The highest BCUT2D eigenvalue weighted by Gasteiger charge is 2.21. The molecule has 0 bridgehead atoms. The van der Waals surface area contributed by atoms with Crippen molar-refractivity contribution in [3.63, 3.8) is 0 Å². The molecule has 3 amide bonds. The normalized spacial score (nSPS) is 11.3. The van der Waals surface area contributed by atoms with Crippen molar-refractivity contribution in [1.29, 1.82) is 0 Å². The Kier molecular flexibility index (Phi) is 6.85. The molecule has 0 radical (unpaired) electrons. The van der Waals surface area contributed by atoms with Crippen LogP contribution in [0, 0.1) is 0 Å². The van der Waals surface area contributed by atoms with Gasteiger partial charge in [-0.05, 0) is 30.5 Å². The molecule has 0 saturated carbocycles. The monoisotopic (exact) mass is 410 g/mol. The second-order valence-corrected chi connectivity index (χ2v) is 6.54. The van der Waals surface area contributed by atoms with Crippen LogP contribution in [0.15, 0.2) is 29.8 Å². The molecule has 0 aliphatic rings. The molecule has 2 rings (SSSR count). The van der Waals surface area contributed by atoms with Crippen LogP contribution in [-0.2, 0) is 14.3 Å². The summed E-state index contributed by atoms with van der Waals surface area (Å²) in [4.78, 5) is 50.8. The number of hydrogen-bond acceptors (Lipinski definition) is 7. The Morgan fingerprint density at radius 1 is 1.33 bits per heavy atom. The van der Waals surface area contributed by atoms with E-state index in [1.807, 2.05) is 0 Å². The standard InChI is InChI=1S/C16H15ClN4O5S/c1-8(14(24)21-16-10(13(18)23)3-5-27-16)26-12(22)7-20-15(25)11-6-9(17)2-4-19-11/h2-6,8H,7H2,1H3,(H2,18,23)(H,20,25)(H,21,24)/t8-/m0/s1. The summed E-state index contributed by atoms with van der Waals surface area (Å²) in [6.07, 6.45) is 0.203. The van der Waals surface area contributed by atoms with E-state index in [9.17, 15) is 19.2 Å². The van der Waals surface area contributed by atoms with E-state index >= 15 is 0 Å². The van der Waals surface area contributed by atoms with Gasteiger partial charge in [0.25, 0.3) is 17.7 Å². The summed E-state index contributed by atoms with van der Waals surface area (Å²) in [6.45, 7) is 0.890. The van der Waals surface area contributed by atoms with Gasteiger partial charge in [-0.15, -0.1) is 11.3 Å². The van der Waals surface area contributed by atoms with Gasteiger partial charge in [-0.1, -0.05) is 11.6 Å². The van der Waals surface area contributed by atoms with Crippen LogP contribution in [0.5, 0.6) is 0 Å². The Morgan fingerprint density at radius 2 is 2.07 bits per heavy atom. The number of aromatic nitrogens is 1. The maximum Gasteiger partial charge on any atom is 0.326 e. The van der Waals surface area contributed by atoms with Gasteiger partial charge < -0.3 is 21.1 Å². The summed E-state index contributed by atoms with van der Waals surface area (Å²) in [6, 6.07) is 4.32. The maximum absolute atomic E-state index is 12.1. The van der Waals surface area contributed by atoms with Crippen molar-refractivity contribution in [2.75, 3.05) is 11.9 Å². The molecule has 0 saturated heterocycles. The highest BCUT2D eigenvalue weighted by Crippen LogP contribution is 2.22. The molecular formula is C16H15ClN4O5S. The lowest BCUT2D eigenvalue weighted by Crippen LogP contribution is -2.36. The maximum atomic E-state index is 12.1. The molecule has 27 heavy (non-hydrogen) atoms. The van der Waals surface area contributed by atoms with E-state index in [2.05, 4.69) is 15.6 Å². The first-order valence-corrected chi connectivity index (χ1v) is 8.81. The summed E-state index contributed by atoms with van der Waals surface area (Å²) < 4.78 is 4.95. The lowest BCUT2D eigenvalue weighted by molar-refractivity contribution is -0.152. The minimum atomic E-state index is -1.15. The average molecular weight is 411 g/mol. The summed E-state index contributed by atoms with van der Waals surface area (Å²) in [5, 5.41) is 6.95. The fraction of sp³-hybridized carbons (Fsp3) is 0.188. The predicted molar refractivity (Wildman–Crippen MR) is 98.6 cm³/mol. The van der Waals surface area contributed by atoms with E-state index in [1.54, 1.807) is 5.38 Å². The third kappa shape index (κ3) is 5.76. The van der Waals surface area contributed by atoms with E-state index in [0.29, 0.717) is 5.02 Å². The first-order chi connectivity index (χ1) is 12.8. The molecule has 0 aliphatic heterocycles. The lowest BCUT2D eigenvalue weighted by atomic mass is 10.3. The van der Waals surface area contributed by atoms with Gasteiger partial charge in [-0.2, -0.15) is 0 Å². The second-order valence-electron chi connectivity index (χ2n) is 5.19. The molecule has 2 heterocycles. The third-order valence-corrected chi connectivity index (χ3v) is 4.26. The molecule has 0 unspecified atom stereocenters. The number of nitrogens with zero attached hydrogens (tertiary/aromatic N) is 1. The van der Waals surface area contributed by atoms with Crippen LogP contribution in [0.3, 0.4) is 0 Å². The highest BCUT2D eigenvalue weighted by atomic mass is 35.5. The van der Waals surface area contributed by atoms with E-state index in [4.69, 9.17) is 22.1 Å². The Balaban J connectivity index is 1.84. The van der Waals surface area contributed by atoms with Crippen LogP contribution >= 0.6 is 22.9 Å². The molecule has 0 aromatic carbocycles. The quantitative estimate of drug-likeness (QED) is 0.585. The van der Waals surface area contributed by atoms with Crippen LogP contribution in [0.1, 0.15) is 27.8 Å². The molecule has 0 aliphatic carbocycles. The van der Waals surface area contributed by atoms with Gasteiger partial charge >= 0.3 is 5.97 Å². The summed E-state index contributed by atoms with van der Waals surface area (Å²) in [5.74, 6) is -2.77. The number of carbonyl (C=O) groups excluding carboxylic acids is 4. The van der Waals surface area contributed by atoms with Gasteiger partial charge in [0.2, 0.25) is 0 Å². The summed E-state index contributed by atoms with van der Waals surface area (Å²) >= 11 is 6.87. The minimum Gasteiger partial charge on any atom is -0.451 e. The minimum absolute atomic E-state index is 0.0396. The zero-order valence-corrected chi connectivity index (χ0v) is 15.6. The van der Waals surface area contributed by atoms with Crippen LogP contribution < -0.4 is 16.4 Å². The predicted octanol–water partition coefficient (Wildman–Crippen LogP) is 1.20. The fourth-order valence-corrected chi connectivity index (χ4v) is 2.83. The SMILES string of the molecule is C[C@H](OC(=O)CNC(=O)c1cc(Cl)ccn1)C(=O)Nc1sccc1C(N)=O. The van der Waals surface area contributed by atoms with E-state index < -0.39 is 36.3 Å². The lowest BCUT2D eigenvalue weighted by Gasteiger charge is -2.13. The van der Waals surface area contributed by atoms with Gasteiger partial charge in [0, 0.05) is 11.2 Å². The number of nitrogens with two attached hydrogens (primary N) is 1. The Labute approximate surface area is 162 Å². The summed E-state index contributed by atoms with van der Waals surface area (Å²) in [7, 11) is 0. The van der Waals surface area contributed by atoms with Gasteiger partial charge in [-0.25, -0.2) is 0 Å². The van der Waals surface area contributed by atoms with Gasteiger partial charge in [0.1, 0.15) is 17.2 Å². The van der Waals surface area contributed by atoms with Crippen molar-refractivity contribution in [2.45, 2.75) is 13.0 Å². The van der Waals surface area contributed by atoms with Gasteiger partial charge in [0.05, 0.1) is 5.56 Å². The number of esters is 1. The smallest absolute Gasteiger partial charge is 0.326 e. The van der Waals surface area contributed by atoms with E-state index in [1.165, 1.54) is 31.3 Å². The number of rotatable bonds is 7. The van der Waals surface area contributed by atoms with E-state index in [0.717, 1.165) is 11.3 Å². The second kappa shape index (κ2) is 9.10. The molecule has 11 heteroatoms. The number of thiophene rings is 1. The van der Waals surface area contributed by atoms with Crippen molar-refractivity contribution in [2.24, 2.45) is 5.73 Å². The van der Waals surface area contributed by atoms with Gasteiger partial charge in [-0.3, -0.25) is 24.2 Å².